The van der Waals surface area contributed by atoms with Crippen LogP contribution in [0.4, 0.5) is 11.4 Å². The van der Waals surface area contributed by atoms with Crippen molar-refractivity contribution in [2.24, 2.45) is 0 Å². The highest BCUT2D eigenvalue weighted by Crippen LogP contribution is 2.15. The molecule has 9 nitrogen and oxygen atoms in total. The van der Waals surface area contributed by atoms with E-state index in [9.17, 15) is 19.6 Å². The van der Waals surface area contributed by atoms with Crippen LogP contribution in [-0.2, 0) is 20.9 Å². The third kappa shape index (κ3) is 6.78. The van der Waals surface area contributed by atoms with Gasteiger partial charge in [0.2, 0.25) is 5.91 Å². The number of ether oxygens (including phenoxy) is 1. The summed E-state index contributed by atoms with van der Waals surface area (Å²) < 4.78 is 6.90. The number of rotatable bonds is 9. The lowest BCUT2D eigenvalue weighted by Crippen LogP contribution is -2.34. The molecule has 0 bridgehead atoms. The van der Waals surface area contributed by atoms with E-state index >= 15 is 0 Å². The van der Waals surface area contributed by atoms with E-state index in [2.05, 4.69) is 10.6 Å². The van der Waals surface area contributed by atoms with Gasteiger partial charge in [-0.3, -0.25) is 19.1 Å². The number of likely N-dealkylation sites (N-methyl/N-ethyl adjacent to an activating group) is 1. The number of thiazole rings is 1. The molecule has 10 heteroatoms. The number of carbonyl (C=O) groups excluding carboxylic acids is 2. The van der Waals surface area contributed by atoms with Gasteiger partial charge in [-0.1, -0.05) is 6.07 Å². The Kier molecular flexibility index (Phi) is 9.39. The second kappa shape index (κ2) is 12.0. The number of carbonyl (C=O) groups is 2. The van der Waals surface area contributed by atoms with Crippen molar-refractivity contribution >= 4 is 46.4 Å². The highest BCUT2D eigenvalue weighted by Gasteiger charge is 2.16. The Morgan fingerprint density at radius 2 is 2.00 bits per heavy atom. The van der Waals surface area contributed by atoms with Gasteiger partial charge in [0.1, 0.15) is 15.3 Å². The van der Waals surface area contributed by atoms with Crippen molar-refractivity contribution < 1.29 is 14.3 Å². The Morgan fingerprint density at radius 3 is 2.61 bits per heavy atom. The van der Waals surface area contributed by atoms with Gasteiger partial charge in [0.25, 0.3) is 5.56 Å². The molecule has 1 heterocycles. The third-order valence-corrected chi connectivity index (χ3v) is 5.95. The van der Waals surface area contributed by atoms with Gasteiger partial charge in [-0.05, 0) is 52.9 Å². The molecule has 1 amide bonds. The predicted molar refractivity (Wildman–Crippen MR) is 130 cm³/mol. The van der Waals surface area contributed by atoms with Crippen molar-refractivity contribution in [1.29, 1.82) is 5.26 Å². The van der Waals surface area contributed by atoms with E-state index in [1.807, 2.05) is 31.9 Å². The largest absolute Gasteiger partial charge is 0.462 e. The molecule has 33 heavy (non-hydrogen) atoms. The molecule has 0 aliphatic carbocycles. The van der Waals surface area contributed by atoms with Crippen molar-refractivity contribution in [3.8, 4) is 6.07 Å². The van der Waals surface area contributed by atoms with Gasteiger partial charge in [0.15, 0.2) is 5.57 Å². The quantitative estimate of drug-likeness (QED) is 0.530. The average Bonchev–Trinajstić information content (AvgIpc) is 3.08. The molecule has 0 spiro atoms. The number of aromatic nitrogens is 1. The van der Waals surface area contributed by atoms with E-state index in [-0.39, 0.29) is 40.9 Å². The Balaban J connectivity index is 2.32. The molecule has 0 aliphatic heterocycles. The van der Waals surface area contributed by atoms with Gasteiger partial charge < -0.3 is 15.4 Å². The number of hydrogen-bond acceptors (Lipinski definition) is 8. The Labute approximate surface area is 196 Å². The first kappa shape index (κ1) is 25.8. The second-order valence-corrected chi connectivity index (χ2v) is 8.49. The Bertz CT molecular complexity index is 1220. The lowest BCUT2D eigenvalue weighted by molar-refractivity contribution is -0.136. The molecule has 1 aromatic carbocycles. The van der Waals surface area contributed by atoms with Crippen LogP contribution in [0.5, 0.6) is 0 Å². The zero-order chi connectivity index (χ0) is 24.5. The number of nitrogens with one attached hydrogen (secondary N) is 2. The SMILES string of the molecule is CCOC(=O)C(C#N)=c1sc(=CNc2cccc(NC(=O)CN(C)C(C)C)c2)c(=O)n1CC. The molecule has 2 aromatic rings. The molecule has 0 fully saturated rings. The van der Waals surface area contributed by atoms with Crippen molar-refractivity contribution in [2.45, 2.75) is 40.3 Å². The summed E-state index contributed by atoms with van der Waals surface area (Å²) in [6.45, 7) is 8.14. The lowest BCUT2D eigenvalue weighted by atomic mass is 10.2. The predicted octanol–water partition coefficient (Wildman–Crippen LogP) is 1.30. The number of hydrogen-bond donors (Lipinski definition) is 2. The first-order valence-corrected chi connectivity index (χ1v) is 11.4. The molecule has 0 saturated heterocycles. The van der Waals surface area contributed by atoms with E-state index in [1.54, 1.807) is 38.1 Å². The summed E-state index contributed by atoms with van der Waals surface area (Å²) in [5.74, 6) is -0.880. The second-order valence-electron chi connectivity index (χ2n) is 7.45. The van der Waals surface area contributed by atoms with Gasteiger partial charge in [-0.25, -0.2) is 4.79 Å². The minimum Gasteiger partial charge on any atom is -0.462 e. The summed E-state index contributed by atoms with van der Waals surface area (Å²) in [4.78, 5) is 39.1. The van der Waals surface area contributed by atoms with Crippen LogP contribution < -0.4 is 25.4 Å². The summed E-state index contributed by atoms with van der Waals surface area (Å²) in [6.07, 6.45) is 1.52. The summed E-state index contributed by atoms with van der Waals surface area (Å²) in [5.41, 5.74) is 0.771. The van der Waals surface area contributed by atoms with Crippen molar-refractivity contribution in [1.82, 2.24) is 9.47 Å². The fraction of sp³-hybridized carbons (Fsp3) is 0.391. The van der Waals surface area contributed by atoms with Crippen LogP contribution in [0, 0.1) is 11.3 Å². The van der Waals surface area contributed by atoms with E-state index in [1.165, 1.54) is 10.8 Å². The molecule has 2 rings (SSSR count). The number of benzene rings is 1. The monoisotopic (exact) mass is 471 g/mol. The van der Waals surface area contributed by atoms with E-state index < -0.39 is 5.97 Å². The highest BCUT2D eigenvalue weighted by molar-refractivity contribution is 7.07. The molecule has 0 unspecified atom stereocenters. The average molecular weight is 472 g/mol. The maximum Gasteiger partial charge on any atom is 0.351 e. The standard InChI is InChI=1S/C23H29N5O4S/c1-6-28-21(30)19(33-22(28)18(12-24)23(31)32-7-2)13-25-16-9-8-10-17(11-16)26-20(29)14-27(5)15(3)4/h8-11,13,15,25H,6-7,14H2,1-5H3,(H,26,29). The molecule has 1 aromatic heterocycles. The number of esters is 1. The molecular weight excluding hydrogens is 442 g/mol. The normalized spacial score (nSPS) is 12.5. The summed E-state index contributed by atoms with van der Waals surface area (Å²) in [7, 11) is 1.88. The smallest absolute Gasteiger partial charge is 0.351 e. The van der Waals surface area contributed by atoms with Crippen molar-refractivity contribution in [2.75, 3.05) is 30.8 Å². The minimum absolute atomic E-state index is 0.125. The van der Waals surface area contributed by atoms with Crippen LogP contribution in [0.3, 0.4) is 0 Å². The fourth-order valence-electron chi connectivity index (χ4n) is 2.82. The summed E-state index contributed by atoms with van der Waals surface area (Å²) in [6, 6.07) is 9.21. The zero-order valence-corrected chi connectivity index (χ0v) is 20.3. The van der Waals surface area contributed by atoms with Crippen LogP contribution in [0.25, 0.3) is 11.8 Å². The zero-order valence-electron chi connectivity index (χ0n) is 19.5. The molecule has 0 atom stereocenters. The van der Waals surface area contributed by atoms with Crippen LogP contribution in [0.2, 0.25) is 0 Å². The maximum absolute atomic E-state index is 12.8. The van der Waals surface area contributed by atoms with Gasteiger partial charge in [-0.2, -0.15) is 5.26 Å². The topological polar surface area (TPSA) is 116 Å². The number of nitriles is 1. The summed E-state index contributed by atoms with van der Waals surface area (Å²) in [5, 5.41) is 15.3. The van der Waals surface area contributed by atoms with E-state index in [0.29, 0.717) is 22.5 Å². The van der Waals surface area contributed by atoms with Gasteiger partial charge in [0, 0.05) is 30.2 Å². The number of nitrogens with zero attached hydrogens (tertiary/aromatic N) is 3. The Hall–Kier alpha value is -3.42. The van der Waals surface area contributed by atoms with Crippen molar-refractivity contribution in [3.63, 3.8) is 0 Å². The van der Waals surface area contributed by atoms with Crippen LogP contribution in [0.1, 0.15) is 27.7 Å². The Morgan fingerprint density at radius 1 is 1.30 bits per heavy atom. The van der Waals surface area contributed by atoms with E-state index in [4.69, 9.17) is 4.74 Å². The van der Waals surface area contributed by atoms with E-state index in [0.717, 1.165) is 11.3 Å². The first-order chi connectivity index (χ1) is 15.7. The van der Waals surface area contributed by atoms with Gasteiger partial charge in [0.05, 0.1) is 13.2 Å². The molecule has 0 saturated carbocycles. The van der Waals surface area contributed by atoms with Crippen molar-refractivity contribution in [3.05, 3.63) is 43.8 Å². The molecule has 0 aliphatic rings. The van der Waals surface area contributed by atoms with Crippen LogP contribution >= 0.6 is 11.3 Å². The maximum atomic E-state index is 12.8. The fourth-order valence-corrected chi connectivity index (χ4v) is 3.90. The first-order valence-electron chi connectivity index (χ1n) is 10.6. The van der Waals surface area contributed by atoms with Gasteiger partial charge >= 0.3 is 5.97 Å². The molecule has 2 N–H and O–H groups in total. The lowest BCUT2D eigenvalue weighted by Gasteiger charge is -2.20. The third-order valence-electron chi connectivity index (χ3n) is 4.82. The number of amides is 1. The molecule has 176 valence electrons. The molecular formula is C23H29N5O4S. The molecule has 0 radical (unpaired) electrons. The van der Waals surface area contributed by atoms with Gasteiger partial charge in [-0.15, -0.1) is 11.3 Å². The highest BCUT2D eigenvalue weighted by atomic mass is 32.1. The summed E-state index contributed by atoms with van der Waals surface area (Å²) >= 11 is 1.04. The number of anilines is 2. The minimum atomic E-state index is -0.755. The van der Waals surface area contributed by atoms with Crippen LogP contribution in [0.15, 0.2) is 29.1 Å². The van der Waals surface area contributed by atoms with Crippen LogP contribution in [-0.4, -0.2) is 47.6 Å².